The van der Waals surface area contributed by atoms with E-state index in [0.717, 1.165) is 5.56 Å². The molecular formula is C20H22N2O2. The fraction of sp³-hybridized carbons (Fsp3) is 0.300. The van der Waals surface area contributed by atoms with Crippen LogP contribution in [-0.2, 0) is 11.2 Å². The number of nitrogens with zero attached hydrogens (tertiary/aromatic N) is 2. The van der Waals surface area contributed by atoms with Crippen LogP contribution in [0.15, 0.2) is 54.6 Å². The van der Waals surface area contributed by atoms with Crippen LogP contribution in [-0.4, -0.2) is 47.8 Å². The topological polar surface area (TPSA) is 40.6 Å². The molecule has 2 aromatic rings. The number of rotatable bonds is 3. The van der Waals surface area contributed by atoms with E-state index in [1.54, 1.807) is 0 Å². The Labute approximate surface area is 142 Å². The molecule has 1 fully saturated rings. The molecule has 124 valence electrons. The van der Waals surface area contributed by atoms with Crippen molar-refractivity contribution in [3.05, 3.63) is 71.3 Å². The zero-order chi connectivity index (χ0) is 16.9. The van der Waals surface area contributed by atoms with Gasteiger partial charge < -0.3 is 9.80 Å². The van der Waals surface area contributed by atoms with Crippen molar-refractivity contribution in [3.63, 3.8) is 0 Å². The zero-order valence-corrected chi connectivity index (χ0v) is 13.9. The molecule has 0 aromatic heterocycles. The van der Waals surface area contributed by atoms with E-state index in [0.29, 0.717) is 38.2 Å². The molecule has 4 heteroatoms. The summed E-state index contributed by atoms with van der Waals surface area (Å²) < 4.78 is 0. The van der Waals surface area contributed by atoms with E-state index < -0.39 is 0 Å². The fourth-order valence-corrected chi connectivity index (χ4v) is 2.91. The third-order valence-corrected chi connectivity index (χ3v) is 4.42. The first-order chi connectivity index (χ1) is 11.6. The number of piperazine rings is 1. The van der Waals surface area contributed by atoms with Gasteiger partial charge in [-0.15, -0.1) is 0 Å². The van der Waals surface area contributed by atoms with E-state index in [2.05, 4.69) is 0 Å². The van der Waals surface area contributed by atoms with Crippen LogP contribution in [0.1, 0.15) is 21.5 Å². The number of hydrogen-bond donors (Lipinski definition) is 0. The molecule has 4 nitrogen and oxygen atoms in total. The van der Waals surface area contributed by atoms with Crippen molar-refractivity contribution in [2.24, 2.45) is 0 Å². The van der Waals surface area contributed by atoms with E-state index in [-0.39, 0.29) is 11.8 Å². The number of hydrogen-bond acceptors (Lipinski definition) is 2. The summed E-state index contributed by atoms with van der Waals surface area (Å²) in [5, 5.41) is 0. The first-order valence-electron chi connectivity index (χ1n) is 8.31. The second-order valence-corrected chi connectivity index (χ2v) is 6.20. The van der Waals surface area contributed by atoms with E-state index >= 15 is 0 Å². The minimum Gasteiger partial charge on any atom is -0.339 e. The average Bonchev–Trinajstić information content (AvgIpc) is 2.64. The van der Waals surface area contributed by atoms with E-state index in [9.17, 15) is 9.59 Å². The molecule has 1 heterocycles. The molecule has 2 amide bonds. The van der Waals surface area contributed by atoms with Crippen LogP contribution >= 0.6 is 0 Å². The summed E-state index contributed by atoms with van der Waals surface area (Å²) in [7, 11) is 0. The SMILES string of the molecule is Cc1ccc(CC(=O)N2CCN(C(=O)c3ccccc3)CC2)cc1. The molecule has 0 bridgehead atoms. The lowest BCUT2D eigenvalue weighted by atomic mass is 10.1. The van der Waals surface area contributed by atoms with Crippen molar-refractivity contribution < 1.29 is 9.59 Å². The highest BCUT2D eigenvalue weighted by atomic mass is 16.2. The number of carbonyl (C=O) groups excluding carboxylic acids is 2. The minimum atomic E-state index is 0.0428. The van der Waals surface area contributed by atoms with Crippen molar-refractivity contribution in [1.82, 2.24) is 9.80 Å². The molecule has 1 aliphatic rings. The van der Waals surface area contributed by atoms with Gasteiger partial charge in [-0.05, 0) is 24.6 Å². The molecule has 0 unspecified atom stereocenters. The summed E-state index contributed by atoms with van der Waals surface area (Å²) in [5.74, 6) is 0.173. The minimum absolute atomic E-state index is 0.0428. The van der Waals surface area contributed by atoms with Crippen molar-refractivity contribution >= 4 is 11.8 Å². The Morgan fingerprint density at radius 1 is 0.833 bits per heavy atom. The third-order valence-electron chi connectivity index (χ3n) is 4.42. The van der Waals surface area contributed by atoms with Crippen LogP contribution in [0.5, 0.6) is 0 Å². The van der Waals surface area contributed by atoms with Crippen molar-refractivity contribution in [2.45, 2.75) is 13.3 Å². The average molecular weight is 322 g/mol. The van der Waals surface area contributed by atoms with Crippen LogP contribution in [0, 0.1) is 6.92 Å². The molecule has 1 saturated heterocycles. The van der Waals surface area contributed by atoms with Gasteiger partial charge in [-0.25, -0.2) is 0 Å². The first-order valence-corrected chi connectivity index (χ1v) is 8.31. The van der Waals surface area contributed by atoms with Gasteiger partial charge in [0.25, 0.3) is 5.91 Å². The molecule has 0 saturated carbocycles. The van der Waals surface area contributed by atoms with Gasteiger partial charge in [0.1, 0.15) is 0 Å². The normalized spacial score (nSPS) is 14.5. The smallest absolute Gasteiger partial charge is 0.253 e. The second kappa shape index (κ2) is 7.30. The lowest BCUT2D eigenvalue weighted by Crippen LogP contribution is -2.51. The monoisotopic (exact) mass is 322 g/mol. The van der Waals surface area contributed by atoms with Gasteiger partial charge in [0.05, 0.1) is 6.42 Å². The summed E-state index contributed by atoms with van der Waals surface area (Å²) in [6.07, 6.45) is 0.424. The summed E-state index contributed by atoms with van der Waals surface area (Å²) in [4.78, 5) is 28.5. The van der Waals surface area contributed by atoms with E-state index in [1.165, 1.54) is 5.56 Å². The third kappa shape index (κ3) is 3.82. The summed E-state index contributed by atoms with van der Waals surface area (Å²) in [6.45, 7) is 4.42. The highest BCUT2D eigenvalue weighted by Crippen LogP contribution is 2.11. The molecule has 0 atom stereocenters. The summed E-state index contributed by atoms with van der Waals surface area (Å²) in [5.41, 5.74) is 2.93. The number of amides is 2. The lowest BCUT2D eigenvalue weighted by Gasteiger charge is -2.35. The van der Waals surface area contributed by atoms with Gasteiger partial charge in [0.2, 0.25) is 5.91 Å². The second-order valence-electron chi connectivity index (χ2n) is 6.20. The highest BCUT2D eigenvalue weighted by molar-refractivity contribution is 5.94. The Morgan fingerprint density at radius 3 is 2.04 bits per heavy atom. The van der Waals surface area contributed by atoms with E-state index in [4.69, 9.17) is 0 Å². The Hall–Kier alpha value is -2.62. The van der Waals surface area contributed by atoms with E-state index in [1.807, 2.05) is 71.3 Å². The zero-order valence-electron chi connectivity index (χ0n) is 13.9. The standard InChI is InChI=1S/C20H22N2O2/c1-16-7-9-17(10-8-16)15-19(23)21-11-13-22(14-12-21)20(24)18-5-3-2-4-6-18/h2-10H,11-15H2,1H3. The van der Waals surface area contributed by atoms with Gasteiger partial charge in [-0.2, -0.15) is 0 Å². The Morgan fingerprint density at radius 2 is 1.42 bits per heavy atom. The van der Waals surface area contributed by atoms with Crippen LogP contribution in [0.25, 0.3) is 0 Å². The van der Waals surface area contributed by atoms with Gasteiger partial charge in [-0.1, -0.05) is 48.0 Å². The molecule has 24 heavy (non-hydrogen) atoms. The Kier molecular flexibility index (Phi) is 4.94. The fourth-order valence-electron chi connectivity index (χ4n) is 2.91. The van der Waals surface area contributed by atoms with Crippen LogP contribution < -0.4 is 0 Å². The van der Waals surface area contributed by atoms with Crippen LogP contribution in [0.2, 0.25) is 0 Å². The highest BCUT2D eigenvalue weighted by Gasteiger charge is 2.24. The molecule has 1 aliphatic heterocycles. The van der Waals surface area contributed by atoms with Crippen molar-refractivity contribution in [2.75, 3.05) is 26.2 Å². The molecule has 2 aromatic carbocycles. The Balaban J connectivity index is 1.54. The predicted octanol–water partition coefficient (Wildman–Crippen LogP) is 2.52. The van der Waals surface area contributed by atoms with Gasteiger partial charge >= 0.3 is 0 Å². The molecule has 3 rings (SSSR count). The number of benzene rings is 2. The molecule has 0 N–H and O–H groups in total. The van der Waals surface area contributed by atoms with Crippen LogP contribution in [0.3, 0.4) is 0 Å². The first kappa shape index (κ1) is 16.2. The maximum Gasteiger partial charge on any atom is 0.253 e. The van der Waals surface area contributed by atoms with Crippen LogP contribution in [0.4, 0.5) is 0 Å². The summed E-state index contributed by atoms with van der Waals surface area (Å²) in [6, 6.07) is 17.4. The number of aryl methyl sites for hydroxylation is 1. The number of carbonyl (C=O) groups is 2. The quantitative estimate of drug-likeness (QED) is 0.871. The molecule has 0 aliphatic carbocycles. The largest absolute Gasteiger partial charge is 0.339 e. The van der Waals surface area contributed by atoms with Gasteiger partial charge in [0.15, 0.2) is 0 Å². The Bertz CT molecular complexity index is 702. The molecule has 0 spiro atoms. The van der Waals surface area contributed by atoms with Gasteiger partial charge in [-0.3, -0.25) is 9.59 Å². The van der Waals surface area contributed by atoms with Crippen molar-refractivity contribution in [3.8, 4) is 0 Å². The van der Waals surface area contributed by atoms with Gasteiger partial charge in [0, 0.05) is 31.7 Å². The lowest BCUT2D eigenvalue weighted by molar-refractivity contribution is -0.131. The maximum atomic E-state index is 12.4. The summed E-state index contributed by atoms with van der Waals surface area (Å²) >= 11 is 0. The van der Waals surface area contributed by atoms with Crippen molar-refractivity contribution in [1.29, 1.82) is 0 Å². The molecule has 0 radical (unpaired) electrons. The molecular weight excluding hydrogens is 300 g/mol. The predicted molar refractivity (Wildman–Crippen MR) is 93.8 cm³/mol. The maximum absolute atomic E-state index is 12.4.